The number of ether oxygens (including phenoxy) is 2. The van der Waals surface area contributed by atoms with Gasteiger partial charge in [0.25, 0.3) is 0 Å². The van der Waals surface area contributed by atoms with Gasteiger partial charge in [-0.1, -0.05) is 53.4 Å². The maximum Gasteiger partial charge on any atom is 0.150 e. The molecule has 24 heavy (non-hydrogen) atoms. The van der Waals surface area contributed by atoms with E-state index in [1.54, 1.807) is 0 Å². The van der Waals surface area contributed by atoms with Crippen LogP contribution in [-0.2, 0) is 9.47 Å². The number of hydrogen-bond donors (Lipinski definition) is 1. The van der Waals surface area contributed by atoms with Gasteiger partial charge in [0, 0.05) is 6.04 Å². The largest absolute Gasteiger partial charge is 0.340 e. The van der Waals surface area contributed by atoms with Crippen LogP contribution in [0.1, 0.15) is 79.1 Å². The quantitative estimate of drug-likeness (QED) is 0.699. The zero-order valence-electron chi connectivity index (χ0n) is 16.7. The van der Waals surface area contributed by atoms with Crippen LogP contribution in [0.25, 0.3) is 0 Å². The van der Waals surface area contributed by atoms with E-state index in [0.717, 1.165) is 25.3 Å². The van der Waals surface area contributed by atoms with Crippen LogP contribution in [0.5, 0.6) is 0 Å². The van der Waals surface area contributed by atoms with E-state index in [-0.39, 0.29) is 0 Å². The van der Waals surface area contributed by atoms with E-state index < -0.39 is 0 Å². The van der Waals surface area contributed by atoms with E-state index in [1.165, 1.54) is 64.5 Å². The van der Waals surface area contributed by atoms with Crippen LogP contribution in [0.3, 0.4) is 0 Å². The molecule has 0 aromatic rings. The lowest BCUT2D eigenvalue weighted by atomic mass is 9.81. The molecule has 2 atom stereocenters. The van der Waals surface area contributed by atoms with E-state index in [0.29, 0.717) is 12.8 Å². The first-order chi connectivity index (χ1) is 11.8. The molecule has 0 aromatic heterocycles. The van der Waals surface area contributed by atoms with Gasteiger partial charge in [-0.15, -0.1) is 0 Å². The molecular weight excluding hydrogens is 300 g/mol. The minimum absolute atomic E-state index is 0.457. The molecule has 1 N–H and O–H groups in total. The van der Waals surface area contributed by atoms with Gasteiger partial charge in [-0.25, -0.2) is 0 Å². The molecule has 2 heterocycles. The van der Waals surface area contributed by atoms with Crippen LogP contribution in [0, 0.1) is 11.8 Å². The number of rotatable bonds is 8. The van der Waals surface area contributed by atoms with Gasteiger partial charge in [-0.3, -0.25) is 4.90 Å². The zero-order chi connectivity index (χ0) is 17.6. The van der Waals surface area contributed by atoms with Crippen LogP contribution in [0.15, 0.2) is 0 Å². The Labute approximate surface area is 150 Å². The van der Waals surface area contributed by atoms with E-state index >= 15 is 0 Å². The first kappa shape index (κ1) is 21.9. The molecule has 4 nitrogen and oxygen atoms in total. The minimum atomic E-state index is 0.457. The smallest absolute Gasteiger partial charge is 0.150 e. The molecule has 144 valence electrons. The second kappa shape index (κ2) is 14.1. The zero-order valence-corrected chi connectivity index (χ0v) is 16.7. The molecule has 2 aliphatic rings. The lowest BCUT2D eigenvalue weighted by Gasteiger charge is -2.33. The molecule has 0 spiro atoms. The summed E-state index contributed by atoms with van der Waals surface area (Å²) >= 11 is 0. The Balaban J connectivity index is 0.000000240. The van der Waals surface area contributed by atoms with Crippen molar-refractivity contribution in [3.05, 3.63) is 0 Å². The van der Waals surface area contributed by atoms with Gasteiger partial charge in [0.15, 0.2) is 0 Å². The summed E-state index contributed by atoms with van der Waals surface area (Å²) in [5, 5.41) is 3.44. The number of hydrogen-bond acceptors (Lipinski definition) is 4. The SMILES string of the molecule is CCCC(CC)C1CCNCC1.CCCC(CC)N1COCOC1. The van der Waals surface area contributed by atoms with Crippen molar-refractivity contribution >= 4 is 0 Å². The first-order valence-electron chi connectivity index (χ1n) is 10.4. The van der Waals surface area contributed by atoms with E-state index in [2.05, 4.69) is 37.9 Å². The summed E-state index contributed by atoms with van der Waals surface area (Å²) in [4.78, 5) is 2.26. The maximum absolute atomic E-state index is 5.21. The van der Waals surface area contributed by atoms with Gasteiger partial charge in [0.05, 0.1) is 0 Å². The third-order valence-corrected chi connectivity index (χ3v) is 5.52. The van der Waals surface area contributed by atoms with Crippen molar-refractivity contribution in [2.75, 3.05) is 33.3 Å². The van der Waals surface area contributed by atoms with Gasteiger partial charge in [-0.2, -0.15) is 0 Å². The van der Waals surface area contributed by atoms with E-state index in [9.17, 15) is 0 Å². The van der Waals surface area contributed by atoms with Crippen molar-refractivity contribution in [1.82, 2.24) is 10.2 Å². The molecule has 2 fully saturated rings. The van der Waals surface area contributed by atoms with Crippen molar-refractivity contribution in [2.45, 2.75) is 85.1 Å². The average Bonchev–Trinajstić information content (AvgIpc) is 2.66. The number of nitrogens with zero attached hydrogens (tertiary/aromatic N) is 1. The Kier molecular flexibility index (Phi) is 12.8. The first-order valence-corrected chi connectivity index (χ1v) is 10.4. The molecule has 0 aromatic carbocycles. The Morgan fingerprint density at radius 3 is 2.04 bits per heavy atom. The molecule has 2 rings (SSSR count). The van der Waals surface area contributed by atoms with Gasteiger partial charge in [0.2, 0.25) is 0 Å². The second-order valence-corrected chi connectivity index (χ2v) is 7.27. The second-order valence-electron chi connectivity index (χ2n) is 7.27. The Hall–Kier alpha value is -0.160. The Morgan fingerprint density at radius 1 is 0.917 bits per heavy atom. The summed E-state index contributed by atoms with van der Waals surface area (Å²) in [5.74, 6) is 2.04. The van der Waals surface area contributed by atoms with Crippen LogP contribution < -0.4 is 5.32 Å². The minimum Gasteiger partial charge on any atom is -0.340 e. The molecule has 2 aliphatic heterocycles. The van der Waals surface area contributed by atoms with Crippen LogP contribution >= 0.6 is 0 Å². The summed E-state index contributed by atoms with van der Waals surface area (Å²) in [5.41, 5.74) is 0. The fraction of sp³-hybridized carbons (Fsp3) is 1.00. The predicted molar refractivity (Wildman–Crippen MR) is 102 cm³/mol. The normalized spacial score (nSPS) is 22.5. The lowest BCUT2D eigenvalue weighted by molar-refractivity contribution is -0.195. The molecule has 2 unspecified atom stereocenters. The Morgan fingerprint density at radius 2 is 1.54 bits per heavy atom. The summed E-state index contributed by atoms with van der Waals surface area (Å²) in [7, 11) is 0. The summed E-state index contributed by atoms with van der Waals surface area (Å²) in [6.45, 7) is 13.5. The van der Waals surface area contributed by atoms with Crippen LogP contribution in [0.2, 0.25) is 0 Å². The summed E-state index contributed by atoms with van der Waals surface area (Å²) in [6.07, 6.45) is 10.7. The third-order valence-electron chi connectivity index (χ3n) is 5.52. The number of piperidine rings is 1. The molecular formula is C20H42N2O2. The highest BCUT2D eigenvalue weighted by Crippen LogP contribution is 2.28. The third kappa shape index (κ3) is 8.28. The molecule has 0 amide bonds. The molecule has 0 saturated carbocycles. The van der Waals surface area contributed by atoms with Crippen molar-refractivity contribution < 1.29 is 9.47 Å². The van der Waals surface area contributed by atoms with Gasteiger partial charge < -0.3 is 14.8 Å². The fourth-order valence-electron chi connectivity index (χ4n) is 4.05. The van der Waals surface area contributed by atoms with Crippen LogP contribution in [0.4, 0.5) is 0 Å². The average molecular weight is 343 g/mol. The van der Waals surface area contributed by atoms with Crippen molar-refractivity contribution in [3.8, 4) is 0 Å². The van der Waals surface area contributed by atoms with Gasteiger partial charge in [0.1, 0.15) is 20.3 Å². The maximum atomic E-state index is 5.21. The summed E-state index contributed by atoms with van der Waals surface area (Å²) in [6, 6.07) is 0.635. The Bertz CT molecular complexity index is 243. The summed E-state index contributed by atoms with van der Waals surface area (Å²) < 4.78 is 10.4. The van der Waals surface area contributed by atoms with Crippen molar-refractivity contribution in [3.63, 3.8) is 0 Å². The van der Waals surface area contributed by atoms with E-state index in [4.69, 9.17) is 9.47 Å². The van der Waals surface area contributed by atoms with Crippen molar-refractivity contribution in [1.29, 1.82) is 0 Å². The molecule has 4 heteroatoms. The highest BCUT2D eigenvalue weighted by molar-refractivity contribution is 4.74. The van der Waals surface area contributed by atoms with Gasteiger partial charge >= 0.3 is 0 Å². The molecule has 0 radical (unpaired) electrons. The molecule has 0 bridgehead atoms. The van der Waals surface area contributed by atoms with E-state index in [1.807, 2.05) is 0 Å². The molecule has 2 saturated heterocycles. The highest BCUT2D eigenvalue weighted by atomic mass is 16.7. The standard InChI is InChI=1S/C11H23N.C9H19NO2/c1-3-5-10(4-2)11-6-8-12-9-7-11;1-3-5-9(4-2)10-6-11-8-12-7-10/h10-12H,3-9H2,1-2H3;9H,3-8H2,1-2H3. The van der Waals surface area contributed by atoms with Gasteiger partial charge in [-0.05, 0) is 50.6 Å². The monoisotopic (exact) mass is 342 g/mol. The number of nitrogens with one attached hydrogen (secondary N) is 1. The molecule has 0 aliphatic carbocycles. The fourth-order valence-corrected chi connectivity index (χ4v) is 4.05. The topological polar surface area (TPSA) is 33.7 Å². The lowest BCUT2D eigenvalue weighted by Crippen LogP contribution is -2.42. The predicted octanol–water partition coefficient (Wildman–Crippen LogP) is 4.60. The van der Waals surface area contributed by atoms with Crippen LogP contribution in [-0.4, -0.2) is 44.3 Å². The van der Waals surface area contributed by atoms with Crippen molar-refractivity contribution in [2.24, 2.45) is 11.8 Å². The highest BCUT2D eigenvalue weighted by Gasteiger charge is 2.21.